The molecule has 0 radical (unpaired) electrons. The lowest BCUT2D eigenvalue weighted by molar-refractivity contribution is -0.109. The minimum absolute atomic E-state index is 0.205. The van der Waals surface area contributed by atoms with Gasteiger partial charge < -0.3 is 4.90 Å². The van der Waals surface area contributed by atoms with E-state index in [0.29, 0.717) is 0 Å². The number of thioether (sulfide) groups is 1. The zero-order chi connectivity index (χ0) is 7.28. The van der Waals surface area contributed by atoms with Gasteiger partial charge in [0, 0.05) is 19.2 Å². The summed E-state index contributed by atoms with van der Waals surface area (Å²) in [6, 6.07) is 0. The van der Waals surface area contributed by atoms with Crippen LogP contribution in [0.15, 0.2) is 0 Å². The lowest BCUT2D eigenvalue weighted by Gasteiger charge is -2.06. The molecular weight excluding hydrogens is 134 g/mol. The van der Waals surface area contributed by atoms with Gasteiger partial charge >= 0.3 is 0 Å². The highest BCUT2D eigenvalue weighted by atomic mass is 32.2. The summed E-state index contributed by atoms with van der Waals surface area (Å²) in [5, 5.41) is 0.205. The summed E-state index contributed by atoms with van der Waals surface area (Å²) in [5.41, 5.74) is 0. The molecule has 3 heteroatoms. The molecule has 0 N–H and O–H groups in total. The number of hydrogen-bond acceptors (Lipinski definition) is 3. The van der Waals surface area contributed by atoms with Crippen molar-refractivity contribution in [2.24, 2.45) is 0 Å². The maximum absolute atomic E-state index is 10.4. The highest BCUT2D eigenvalue weighted by Crippen LogP contribution is 1.99. The molecule has 54 valence electrons. The SMILES string of the molecule is CC(=O)SCCN(C)C. The van der Waals surface area contributed by atoms with Crippen LogP contribution in [0.2, 0.25) is 0 Å². The van der Waals surface area contributed by atoms with E-state index in [1.54, 1.807) is 6.92 Å². The topological polar surface area (TPSA) is 20.3 Å². The van der Waals surface area contributed by atoms with E-state index in [1.165, 1.54) is 11.8 Å². The van der Waals surface area contributed by atoms with Crippen LogP contribution in [0, 0.1) is 0 Å². The van der Waals surface area contributed by atoms with Crippen molar-refractivity contribution in [2.45, 2.75) is 6.92 Å². The first-order chi connectivity index (χ1) is 4.13. The summed E-state index contributed by atoms with van der Waals surface area (Å²) in [6.07, 6.45) is 0. The number of carbonyl (C=O) groups is 1. The average molecular weight is 147 g/mol. The minimum Gasteiger partial charge on any atom is -0.309 e. The second kappa shape index (κ2) is 4.82. The van der Waals surface area contributed by atoms with Crippen molar-refractivity contribution in [3.63, 3.8) is 0 Å². The predicted octanol–water partition coefficient (Wildman–Crippen LogP) is 0.828. The quantitative estimate of drug-likeness (QED) is 0.589. The molecule has 0 aromatic rings. The monoisotopic (exact) mass is 147 g/mol. The normalized spacial score (nSPS) is 10.2. The molecule has 0 amide bonds. The van der Waals surface area contributed by atoms with Crippen LogP contribution in [0.25, 0.3) is 0 Å². The Bertz CT molecular complexity index is 93.1. The van der Waals surface area contributed by atoms with E-state index in [2.05, 4.69) is 4.90 Å². The van der Waals surface area contributed by atoms with Crippen LogP contribution in [0.5, 0.6) is 0 Å². The second-order valence-corrected chi connectivity index (χ2v) is 3.42. The van der Waals surface area contributed by atoms with Gasteiger partial charge in [-0.05, 0) is 14.1 Å². The zero-order valence-corrected chi connectivity index (χ0v) is 6.99. The lowest BCUT2D eigenvalue weighted by Crippen LogP contribution is -2.15. The number of hydrogen-bond donors (Lipinski definition) is 0. The molecule has 0 rings (SSSR count). The van der Waals surface area contributed by atoms with Crippen LogP contribution in [-0.2, 0) is 4.79 Å². The second-order valence-electron chi connectivity index (χ2n) is 2.14. The molecule has 0 fully saturated rings. The van der Waals surface area contributed by atoms with Gasteiger partial charge in [-0.1, -0.05) is 11.8 Å². The lowest BCUT2D eigenvalue weighted by atomic mass is 10.7. The van der Waals surface area contributed by atoms with E-state index < -0.39 is 0 Å². The molecule has 0 heterocycles. The average Bonchev–Trinajstić information content (AvgIpc) is 1.63. The largest absolute Gasteiger partial charge is 0.309 e. The summed E-state index contributed by atoms with van der Waals surface area (Å²) in [4.78, 5) is 12.4. The minimum atomic E-state index is 0.205. The third-order valence-electron chi connectivity index (χ3n) is 0.844. The van der Waals surface area contributed by atoms with Crippen LogP contribution in [0.3, 0.4) is 0 Å². The third-order valence-corrected chi connectivity index (χ3v) is 1.64. The Hall–Kier alpha value is -0.0200. The van der Waals surface area contributed by atoms with Crippen molar-refractivity contribution in [1.82, 2.24) is 4.90 Å². The first-order valence-electron chi connectivity index (χ1n) is 2.91. The van der Waals surface area contributed by atoms with Gasteiger partial charge in [-0.3, -0.25) is 4.79 Å². The Morgan fingerprint density at radius 1 is 1.56 bits per heavy atom. The van der Waals surface area contributed by atoms with Crippen molar-refractivity contribution in [2.75, 3.05) is 26.4 Å². The smallest absolute Gasteiger partial charge is 0.185 e. The molecular formula is C6H13NOS. The molecule has 0 aliphatic rings. The summed E-state index contributed by atoms with van der Waals surface area (Å²) in [7, 11) is 4.00. The Morgan fingerprint density at radius 2 is 2.11 bits per heavy atom. The Morgan fingerprint density at radius 3 is 2.44 bits per heavy atom. The van der Waals surface area contributed by atoms with Gasteiger partial charge in [0.25, 0.3) is 0 Å². The molecule has 0 aliphatic carbocycles. The van der Waals surface area contributed by atoms with Crippen LogP contribution in [-0.4, -0.2) is 36.4 Å². The van der Waals surface area contributed by atoms with E-state index in [1.807, 2.05) is 14.1 Å². The molecule has 2 nitrogen and oxygen atoms in total. The summed E-state index contributed by atoms with van der Waals surface area (Å²) in [6.45, 7) is 2.57. The van der Waals surface area contributed by atoms with Crippen LogP contribution in [0.1, 0.15) is 6.92 Å². The fourth-order valence-electron chi connectivity index (χ4n) is 0.372. The summed E-state index contributed by atoms with van der Waals surface area (Å²) < 4.78 is 0. The van der Waals surface area contributed by atoms with Gasteiger partial charge in [0.1, 0.15) is 0 Å². The van der Waals surface area contributed by atoms with Crippen molar-refractivity contribution in [3.05, 3.63) is 0 Å². The summed E-state index contributed by atoms with van der Waals surface area (Å²) in [5.74, 6) is 0.905. The molecule has 0 spiro atoms. The third kappa shape index (κ3) is 7.98. The number of rotatable bonds is 3. The van der Waals surface area contributed by atoms with E-state index >= 15 is 0 Å². The molecule has 0 atom stereocenters. The highest BCUT2D eigenvalue weighted by Gasteiger charge is 1.93. The van der Waals surface area contributed by atoms with E-state index in [9.17, 15) is 4.79 Å². The first kappa shape index (κ1) is 8.98. The van der Waals surface area contributed by atoms with Gasteiger partial charge in [0.2, 0.25) is 0 Å². The van der Waals surface area contributed by atoms with E-state index in [0.717, 1.165) is 12.3 Å². The van der Waals surface area contributed by atoms with Gasteiger partial charge in [0.15, 0.2) is 5.12 Å². The maximum Gasteiger partial charge on any atom is 0.185 e. The van der Waals surface area contributed by atoms with Crippen LogP contribution in [0.4, 0.5) is 0 Å². The molecule has 0 aromatic carbocycles. The number of carbonyl (C=O) groups excluding carboxylic acids is 1. The Balaban J connectivity index is 3.01. The fourth-order valence-corrected chi connectivity index (χ4v) is 1.12. The maximum atomic E-state index is 10.4. The standard InChI is InChI=1S/C6H13NOS/c1-6(8)9-5-4-7(2)3/h4-5H2,1-3H3. The zero-order valence-electron chi connectivity index (χ0n) is 6.18. The van der Waals surface area contributed by atoms with Crippen molar-refractivity contribution >= 4 is 16.9 Å². The number of nitrogens with zero attached hydrogens (tertiary/aromatic N) is 1. The fraction of sp³-hybridized carbons (Fsp3) is 0.833. The Labute approximate surface area is 60.6 Å². The predicted molar refractivity (Wildman–Crippen MR) is 41.7 cm³/mol. The molecule has 0 aliphatic heterocycles. The molecule has 0 saturated carbocycles. The molecule has 9 heavy (non-hydrogen) atoms. The van der Waals surface area contributed by atoms with Gasteiger partial charge in [-0.15, -0.1) is 0 Å². The molecule has 0 unspecified atom stereocenters. The van der Waals surface area contributed by atoms with Crippen molar-refractivity contribution in [3.8, 4) is 0 Å². The van der Waals surface area contributed by atoms with E-state index in [4.69, 9.17) is 0 Å². The van der Waals surface area contributed by atoms with Crippen LogP contribution < -0.4 is 0 Å². The Kier molecular flexibility index (Phi) is 4.81. The highest BCUT2D eigenvalue weighted by molar-refractivity contribution is 8.13. The van der Waals surface area contributed by atoms with Gasteiger partial charge in [-0.25, -0.2) is 0 Å². The molecule has 0 bridgehead atoms. The van der Waals surface area contributed by atoms with Crippen LogP contribution >= 0.6 is 11.8 Å². The molecule has 0 aromatic heterocycles. The van der Waals surface area contributed by atoms with Crippen molar-refractivity contribution < 1.29 is 4.79 Å². The molecule has 0 saturated heterocycles. The summed E-state index contributed by atoms with van der Waals surface area (Å²) >= 11 is 1.38. The van der Waals surface area contributed by atoms with E-state index in [-0.39, 0.29) is 5.12 Å². The van der Waals surface area contributed by atoms with Crippen molar-refractivity contribution in [1.29, 1.82) is 0 Å². The van der Waals surface area contributed by atoms with Gasteiger partial charge in [-0.2, -0.15) is 0 Å². The first-order valence-corrected chi connectivity index (χ1v) is 3.89. The van der Waals surface area contributed by atoms with Gasteiger partial charge in [0.05, 0.1) is 0 Å².